The van der Waals surface area contributed by atoms with Crippen molar-refractivity contribution in [3.63, 3.8) is 0 Å². The summed E-state index contributed by atoms with van der Waals surface area (Å²) in [6.07, 6.45) is 6.14. The average molecular weight is 247 g/mol. The topological polar surface area (TPSA) is 35.2 Å². The van der Waals surface area contributed by atoms with E-state index in [1.54, 1.807) is 0 Å². The molecule has 0 bridgehead atoms. The molecule has 0 amide bonds. The lowest BCUT2D eigenvalue weighted by atomic mass is 9.79. The Hall–Kier alpha value is -0.860. The van der Waals surface area contributed by atoms with Crippen LogP contribution in [0.1, 0.15) is 62.1 Å². The van der Waals surface area contributed by atoms with Crippen LogP contribution in [0.4, 0.5) is 0 Å². The second kappa shape index (κ2) is 6.91. The standard InChI is InChI=1S/C16H25NO/c1-2-18-11-5-10-16(17)15-9-4-8-14(12-15)13-6-3-7-13/h4,8-9,12-13,16H,2-3,5-7,10-11,17H2,1H3. The first-order chi connectivity index (χ1) is 8.81. The molecule has 1 aliphatic rings. The lowest BCUT2D eigenvalue weighted by molar-refractivity contribution is 0.142. The Kier molecular flexibility index (Phi) is 5.21. The predicted octanol–water partition coefficient (Wildman–Crippen LogP) is 3.77. The van der Waals surface area contributed by atoms with Gasteiger partial charge < -0.3 is 10.5 Å². The number of hydrogen-bond donors (Lipinski definition) is 1. The molecule has 1 aromatic carbocycles. The molecule has 18 heavy (non-hydrogen) atoms. The van der Waals surface area contributed by atoms with E-state index in [1.807, 2.05) is 6.92 Å². The molecule has 0 saturated heterocycles. The normalized spacial score (nSPS) is 17.4. The third-order valence-corrected chi connectivity index (χ3v) is 3.92. The Balaban J connectivity index is 1.86. The largest absolute Gasteiger partial charge is 0.382 e. The zero-order valence-corrected chi connectivity index (χ0v) is 11.4. The minimum absolute atomic E-state index is 0.158. The maximum atomic E-state index is 6.25. The van der Waals surface area contributed by atoms with Crippen LogP contribution in [-0.2, 0) is 4.74 Å². The molecule has 0 aliphatic heterocycles. The molecule has 1 saturated carbocycles. The van der Waals surface area contributed by atoms with Crippen molar-refractivity contribution in [1.82, 2.24) is 0 Å². The molecule has 1 aromatic rings. The molecule has 0 aromatic heterocycles. The van der Waals surface area contributed by atoms with Crippen LogP contribution in [0, 0.1) is 0 Å². The minimum Gasteiger partial charge on any atom is -0.382 e. The fourth-order valence-corrected chi connectivity index (χ4v) is 2.50. The highest BCUT2D eigenvalue weighted by molar-refractivity contribution is 5.29. The molecular formula is C16H25NO. The Morgan fingerprint density at radius 3 is 2.89 bits per heavy atom. The van der Waals surface area contributed by atoms with Crippen LogP contribution < -0.4 is 5.73 Å². The van der Waals surface area contributed by atoms with E-state index in [-0.39, 0.29) is 6.04 Å². The van der Waals surface area contributed by atoms with Crippen molar-refractivity contribution in [2.45, 2.75) is 51.0 Å². The highest BCUT2D eigenvalue weighted by Crippen LogP contribution is 2.37. The van der Waals surface area contributed by atoms with E-state index in [0.29, 0.717) is 0 Å². The molecule has 1 atom stereocenters. The van der Waals surface area contributed by atoms with E-state index in [4.69, 9.17) is 10.5 Å². The number of ether oxygens (including phenoxy) is 1. The van der Waals surface area contributed by atoms with Gasteiger partial charge in [0.05, 0.1) is 0 Å². The Labute approximate surface area is 111 Å². The molecule has 2 heteroatoms. The van der Waals surface area contributed by atoms with Gasteiger partial charge in [-0.2, -0.15) is 0 Å². The summed E-state index contributed by atoms with van der Waals surface area (Å²) in [5.74, 6) is 0.792. The number of rotatable bonds is 7. The second-order valence-electron chi connectivity index (χ2n) is 5.24. The lowest BCUT2D eigenvalue weighted by Gasteiger charge is -2.26. The SMILES string of the molecule is CCOCCCC(N)c1cccc(C2CCC2)c1. The van der Waals surface area contributed by atoms with Gasteiger partial charge in [0.2, 0.25) is 0 Å². The van der Waals surface area contributed by atoms with E-state index < -0.39 is 0 Å². The van der Waals surface area contributed by atoms with Crippen LogP contribution in [0.15, 0.2) is 24.3 Å². The van der Waals surface area contributed by atoms with E-state index >= 15 is 0 Å². The van der Waals surface area contributed by atoms with Crippen molar-refractivity contribution in [2.24, 2.45) is 5.73 Å². The first kappa shape index (κ1) is 13.6. The van der Waals surface area contributed by atoms with Crippen LogP contribution in [-0.4, -0.2) is 13.2 Å². The number of benzene rings is 1. The van der Waals surface area contributed by atoms with Gasteiger partial charge in [-0.25, -0.2) is 0 Å². The highest BCUT2D eigenvalue weighted by atomic mass is 16.5. The zero-order chi connectivity index (χ0) is 12.8. The monoisotopic (exact) mass is 247 g/mol. The fourth-order valence-electron chi connectivity index (χ4n) is 2.50. The Bertz CT molecular complexity index is 360. The molecular weight excluding hydrogens is 222 g/mol. The van der Waals surface area contributed by atoms with Crippen molar-refractivity contribution in [2.75, 3.05) is 13.2 Å². The molecule has 1 aliphatic carbocycles. The van der Waals surface area contributed by atoms with Crippen molar-refractivity contribution < 1.29 is 4.74 Å². The summed E-state index contributed by atoms with van der Waals surface area (Å²) in [7, 11) is 0. The summed E-state index contributed by atoms with van der Waals surface area (Å²) in [4.78, 5) is 0. The van der Waals surface area contributed by atoms with Crippen LogP contribution >= 0.6 is 0 Å². The zero-order valence-electron chi connectivity index (χ0n) is 11.4. The second-order valence-corrected chi connectivity index (χ2v) is 5.24. The maximum Gasteiger partial charge on any atom is 0.0466 e. The smallest absolute Gasteiger partial charge is 0.0466 e. The average Bonchev–Trinajstić information content (AvgIpc) is 2.33. The summed E-state index contributed by atoms with van der Waals surface area (Å²) >= 11 is 0. The molecule has 1 fully saturated rings. The van der Waals surface area contributed by atoms with Crippen LogP contribution in [0.3, 0.4) is 0 Å². The molecule has 0 heterocycles. The van der Waals surface area contributed by atoms with Gasteiger partial charge in [0, 0.05) is 19.3 Å². The van der Waals surface area contributed by atoms with E-state index in [0.717, 1.165) is 32.0 Å². The van der Waals surface area contributed by atoms with Gasteiger partial charge in [-0.15, -0.1) is 0 Å². The van der Waals surface area contributed by atoms with Crippen LogP contribution in [0.25, 0.3) is 0 Å². The first-order valence-corrected chi connectivity index (χ1v) is 7.24. The van der Waals surface area contributed by atoms with Gasteiger partial charge >= 0.3 is 0 Å². The van der Waals surface area contributed by atoms with Crippen molar-refractivity contribution >= 4 is 0 Å². The first-order valence-electron chi connectivity index (χ1n) is 7.24. The minimum atomic E-state index is 0.158. The molecule has 0 radical (unpaired) electrons. The van der Waals surface area contributed by atoms with Gasteiger partial charge in [-0.3, -0.25) is 0 Å². The summed E-state index contributed by atoms with van der Waals surface area (Å²) in [5, 5.41) is 0. The maximum absolute atomic E-state index is 6.25. The quantitative estimate of drug-likeness (QED) is 0.744. The van der Waals surface area contributed by atoms with Gasteiger partial charge in [0.15, 0.2) is 0 Å². The van der Waals surface area contributed by atoms with Crippen LogP contribution in [0.2, 0.25) is 0 Å². The van der Waals surface area contributed by atoms with Gasteiger partial charge in [-0.05, 0) is 49.7 Å². The van der Waals surface area contributed by atoms with Gasteiger partial charge in [0.25, 0.3) is 0 Å². The van der Waals surface area contributed by atoms with E-state index in [9.17, 15) is 0 Å². The third-order valence-electron chi connectivity index (χ3n) is 3.92. The lowest BCUT2D eigenvalue weighted by Crippen LogP contribution is -2.13. The molecule has 2 rings (SSSR count). The fraction of sp³-hybridized carbons (Fsp3) is 0.625. The van der Waals surface area contributed by atoms with Gasteiger partial charge in [-0.1, -0.05) is 30.7 Å². The number of hydrogen-bond acceptors (Lipinski definition) is 2. The van der Waals surface area contributed by atoms with Gasteiger partial charge in [0.1, 0.15) is 0 Å². The predicted molar refractivity (Wildman–Crippen MR) is 75.7 cm³/mol. The van der Waals surface area contributed by atoms with Crippen LogP contribution in [0.5, 0.6) is 0 Å². The van der Waals surface area contributed by atoms with E-state index in [1.165, 1.54) is 30.4 Å². The molecule has 1 unspecified atom stereocenters. The molecule has 0 spiro atoms. The highest BCUT2D eigenvalue weighted by Gasteiger charge is 2.19. The summed E-state index contributed by atoms with van der Waals surface area (Å²) < 4.78 is 5.35. The van der Waals surface area contributed by atoms with Crippen molar-refractivity contribution in [1.29, 1.82) is 0 Å². The summed E-state index contributed by atoms with van der Waals surface area (Å²) in [5.41, 5.74) is 9.02. The summed E-state index contributed by atoms with van der Waals surface area (Å²) in [6, 6.07) is 9.04. The Morgan fingerprint density at radius 1 is 1.39 bits per heavy atom. The molecule has 2 nitrogen and oxygen atoms in total. The molecule has 100 valence electrons. The van der Waals surface area contributed by atoms with E-state index in [2.05, 4.69) is 24.3 Å². The Morgan fingerprint density at radius 2 is 2.22 bits per heavy atom. The summed E-state index contributed by atoms with van der Waals surface area (Å²) in [6.45, 7) is 3.65. The molecule has 2 N–H and O–H groups in total. The third kappa shape index (κ3) is 3.56. The van der Waals surface area contributed by atoms with Crippen molar-refractivity contribution in [3.8, 4) is 0 Å². The van der Waals surface area contributed by atoms with Crippen molar-refractivity contribution in [3.05, 3.63) is 35.4 Å². The number of nitrogens with two attached hydrogens (primary N) is 1.